The molecule has 0 rings (SSSR count). The van der Waals surface area contributed by atoms with Crippen LogP contribution in [0.25, 0.3) is 0 Å². The maximum absolute atomic E-state index is 11.5. The van der Waals surface area contributed by atoms with Crippen molar-refractivity contribution in [2.24, 2.45) is 11.7 Å². The molecule has 0 aliphatic heterocycles. The van der Waals surface area contributed by atoms with Gasteiger partial charge in [0.2, 0.25) is 5.91 Å². The lowest BCUT2D eigenvalue weighted by atomic mass is 10.2. The highest BCUT2D eigenvalue weighted by Gasteiger charge is 2.18. The highest BCUT2D eigenvalue weighted by atomic mass is 16.5. The van der Waals surface area contributed by atoms with Crippen molar-refractivity contribution in [3.63, 3.8) is 0 Å². The van der Waals surface area contributed by atoms with E-state index in [1.807, 2.05) is 20.8 Å². The number of esters is 1. The molecule has 0 heterocycles. The molecule has 0 spiro atoms. The van der Waals surface area contributed by atoms with Crippen LogP contribution in [0.2, 0.25) is 0 Å². The van der Waals surface area contributed by atoms with Crippen LogP contribution in [0.5, 0.6) is 0 Å². The third-order valence-corrected chi connectivity index (χ3v) is 2.17. The predicted octanol–water partition coefficient (Wildman–Crippen LogP) is 0.819. The summed E-state index contributed by atoms with van der Waals surface area (Å²) in [5.74, 6) is -0.348. The van der Waals surface area contributed by atoms with Crippen molar-refractivity contribution in [2.45, 2.75) is 46.1 Å². The SMILES string of the molecule is CCCCOC(=O)C[C@H](N)C(=O)NCC(C)C. The van der Waals surface area contributed by atoms with Gasteiger partial charge in [-0.15, -0.1) is 0 Å². The summed E-state index contributed by atoms with van der Waals surface area (Å²) in [5.41, 5.74) is 5.60. The van der Waals surface area contributed by atoms with Gasteiger partial charge < -0.3 is 15.8 Å². The first kappa shape index (κ1) is 15.9. The minimum Gasteiger partial charge on any atom is -0.466 e. The smallest absolute Gasteiger partial charge is 0.307 e. The van der Waals surface area contributed by atoms with Gasteiger partial charge in [0.25, 0.3) is 0 Å². The fraction of sp³-hybridized carbons (Fsp3) is 0.833. The first-order chi connectivity index (χ1) is 7.97. The Hall–Kier alpha value is -1.10. The number of carbonyl (C=O) groups excluding carboxylic acids is 2. The number of hydrogen-bond donors (Lipinski definition) is 2. The van der Waals surface area contributed by atoms with Crippen molar-refractivity contribution in [3.05, 3.63) is 0 Å². The minimum absolute atomic E-state index is 0.0619. The second-order valence-corrected chi connectivity index (χ2v) is 4.52. The highest BCUT2D eigenvalue weighted by molar-refractivity contribution is 5.86. The van der Waals surface area contributed by atoms with Gasteiger partial charge in [-0.05, 0) is 12.3 Å². The summed E-state index contributed by atoms with van der Waals surface area (Å²) in [6, 6.07) is -0.817. The van der Waals surface area contributed by atoms with Crippen molar-refractivity contribution in [1.82, 2.24) is 5.32 Å². The van der Waals surface area contributed by atoms with E-state index in [4.69, 9.17) is 10.5 Å². The van der Waals surface area contributed by atoms with Crippen LogP contribution in [0.15, 0.2) is 0 Å². The molecule has 17 heavy (non-hydrogen) atoms. The predicted molar refractivity (Wildman–Crippen MR) is 66.3 cm³/mol. The molecular formula is C12H24N2O3. The van der Waals surface area contributed by atoms with Gasteiger partial charge in [0.15, 0.2) is 0 Å². The third kappa shape index (κ3) is 8.68. The first-order valence-electron chi connectivity index (χ1n) is 6.16. The molecule has 0 aliphatic carbocycles. The number of carbonyl (C=O) groups is 2. The summed E-state index contributed by atoms with van der Waals surface area (Å²) >= 11 is 0. The zero-order valence-corrected chi connectivity index (χ0v) is 11.0. The van der Waals surface area contributed by atoms with Gasteiger partial charge in [0.1, 0.15) is 0 Å². The topological polar surface area (TPSA) is 81.4 Å². The first-order valence-corrected chi connectivity index (χ1v) is 6.16. The van der Waals surface area contributed by atoms with Gasteiger partial charge in [-0.3, -0.25) is 9.59 Å². The molecule has 0 aromatic heterocycles. The van der Waals surface area contributed by atoms with E-state index in [-0.39, 0.29) is 12.3 Å². The summed E-state index contributed by atoms with van der Waals surface area (Å²) in [4.78, 5) is 22.8. The van der Waals surface area contributed by atoms with Crippen LogP contribution in [0.1, 0.15) is 40.0 Å². The fourth-order valence-corrected chi connectivity index (χ4v) is 1.10. The van der Waals surface area contributed by atoms with Gasteiger partial charge in [0, 0.05) is 6.54 Å². The Morgan fingerprint density at radius 1 is 1.35 bits per heavy atom. The molecule has 0 saturated heterocycles. The maximum atomic E-state index is 11.5. The Morgan fingerprint density at radius 2 is 2.00 bits per heavy atom. The minimum atomic E-state index is -0.817. The molecule has 3 N–H and O–H groups in total. The molecular weight excluding hydrogens is 220 g/mol. The normalized spacial score (nSPS) is 12.3. The average molecular weight is 244 g/mol. The molecule has 0 unspecified atom stereocenters. The summed E-state index contributed by atoms with van der Waals surface area (Å²) in [6.45, 7) is 6.96. The molecule has 0 aromatic carbocycles. The summed E-state index contributed by atoms with van der Waals surface area (Å²) in [5, 5.41) is 2.68. The quantitative estimate of drug-likeness (QED) is 0.489. The highest BCUT2D eigenvalue weighted by Crippen LogP contribution is 1.96. The van der Waals surface area contributed by atoms with Crippen molar-refractivity contribution in [1.29, 1.82) is 0 Å². The Balaban J connectivity index is 3.78. The van der Waals surface area contributed by atoms with E-state index >= 15 is 0 Å². The van der Waals surface area contributed by atoms with E-state index in [1.54, 1.807) is 0 Å². The van der Waals surface area contributed by atoms with E-state index in [0.29, 0.717) is 19.1 Å². The van der Waals surface area contributed by atoms with E-state index < -0.39 is 12.0 Å². The summed E-state index contributed by atoms with van der Waals surface area (Å²) in [6.07, 6.45) is 1.74. The molecule has 0 saturated carbocycles. The zero-order chi connectivity index (χ0) is 13.3. The standard InChI is InChI=1S/C12H24N2O3/c1-4-5-6-17-11(15)7-10(13)12(16)14-8-9(2)3/h9-10H,4-8,13H2,1-3H3,(H,14,16)/t10-/m0/s1. The monoisotopic (exact) mass is 244 g/mol. The van der Waals surface area contributed by atoms with Crippen LogP contribution in [0.3, 0.4) is 0 Å². The number of amides is 1. The van der Waals surface area contributed by atoms with Gasteiger partial charge in [-0.2, -0.15) is 0 Å². The number of rotatable bonds is 8. The van der Waals surface area contributed by atoms with Crippen LogP contribution < -0.4 is 11.1 Å². The number of nitrogens with one attached hydrogen (secondary N) is 1. The second-order valence-electron chi connectivity index (χ2n) is 4.52. The third-order valence-electron chi connectivity index (χ3n) is 2.17. The fourth-order valence-electron chi connectivity index (χ4n) is 1.10. The van der Waals surface area contributed by atoms with Gasteiger partial charge >= 0.3 is 5.97 Å². The maximum Gasteiger partial charge on any atom is 0.307 e. The second kappa shape index (κ2) is 8.98. The lowest BCUT2D eigenvalue weighted by Crippen LogP contribution is -2.43. The molecule has 0 aromatic rings. The molecule has 0 bridgehead atoms. The van der Waals surface area contributed by atoms with E-state index in [2.05, 4.69) is 5.32 Å². The van der Waals surface area contributed by atoms with Gasteiger partial charge in [-0.1, -0.05) is 27.2 Å². The van der Waals surface area contributed by atoms with E-state index in [9.17, 15) is 9.59 Å². The molecule has 0 radical (unpaired) electrons. The molecule has 100 valence electrons. The van der Waals surface area contributed by atoms with Crippen molar-refractivity contribution < 1.29 is 14.3 Å². The molecule has 0 fully saturated rings. The Bertz CT molecular complexity index is 242. The Labute approximate surface area is 103 Å². The molecule has 0 aliphatic rings. The van der Waals surface area contributed by atoms with E-state index in [1.165, 1.54) is 0 Å². The molecule has 1 atom stereocenters. The van der Waals surface area contributed by atoms with E-state index in [0.717, 1.165) is 12.8 Å². The van der Waals surface area contributed by atoms with Crippen molar-refractivity contribution in [3.8, 4) is 0 Å². The Kier molecular flexibility index (Phi) is 8.40. The van der Waals surface area contributed by atoms with Crippen LogP contribution >= 0.6 is 0 Å². The van der Waals surface area contributed by atoms with Crippen LogP contribution in [0, 0.1) is 5.92 Å². The van der Waals surface area contributed by atoms with Crippen molar-refractivity contribution >= 4 is 11.9 Å². The number of nitrogens with two attached hydrogens (primary N) is 1. The lowest BCUT2D eigenvalue weighted by Gasteiger charge is -2.13. The van der Waals surface area contributed by atoms with Gasteiger partial charge in [-0.25, -0.2) is 0 Å². The molecule has 5 heteroatoms. The number of hydrogen-bond acceptors (Lipinski definition) is 4. The van der Waals surface area contributed by atoms with Crippen molar-refractivity contribution in [2.75, 3.05) is 13.2 Å². The van der Waals surface area contributed by atoms with Crippen LogP contribution in [-0.2, 0) is 14.3 Å². The lowest BCUT2D eigenvalue weighted by molar-refractivity contribution is -0.145. The number of ether oxygens (including phenoxy) is 1. The summed E-state index contributed by atoms with van der Waals surface area (Å²) in [7, 11) is 0. The summed E-state index contributed by atoms with van der Waals surface area (Å²) < 4.78 is 4.93. The van der Waals surface area contributed by atoms with Gasteiger partial charge in [0.05, 0.1) is 19.1 Å². The van der Waals surface area contributed by atoms with Crippen LogP contribution in [-0.4, -0.2) is 31.1 Å². The molecule has 5 nitrogen and oxygen atoms in total. The number of unbranched alkanes of at least 4 members (excludes halogenated alkanes) is 1. The average Bonchev–Trinajstić information content (AvgIpc) is 2.26. The van der Waals surface area contributed by atoms with Crippen LogP contribution in [0.4, 0.5) is 0 Å². The molecule has 1 amide bonds. The largest absolute Gasteiger partial charge is 0.466 e. The zero-order valence-electron chi connectivity index (χ0n) is 11.0. The Morgan fingerprint density at radius 3 is 2.53 bits per heavy atom.